The molecule has 5 heteroatoms. The van der Waals surface area contributed by atoms with Gasteiger partial charge >= 0.3 is 0 Å². The summed E-state index contributed by atoms with van der Waals surface area (Å²) in [6.07, 6.45) is 3.30. The maximum atomic E-state index is 12.2. The molecule has 1 aliphatic rings. The SMILES string of the molecule is CC1CC(C)CC(NC(=O)c2cc(N)nc(Cl)c2)C1. The molecule has 0 aliphatic heterocycles. The average molecular weight is 282 g/mol. The molecule has 1 heterocycles. The Balaban J connectivity index is 2.04. The first-order valence-corrected chi connectivity index (χ1v) is 7.05. The summed E-state index contributed by atoms with van der Waals surface area (Å²) < 4.78 is 0. The molecule has 1 aromatic heterocycles. The van der Waals surface area contributed by atoms with Gasteiger partial charge in [0.15, 0.2) is 0 Å². The molecular formula is C14H20ClN3O. The molecule has 2 unspecified atom stereocenters. The van der Waals surface area contributed by atoms with Crippen molar-refractivity contribution in [2.24, 2.45) is 11.8 Å². The Labute approximate surface area is 118 Å². The first-order valence-electron chi connectivity index (χ1n) is 6.68. The summed E-state index contributed by atoms with van der Waals surface area (Å²) in [7, 11) is 0. The third-order valence-corrected chi connectivity index (χ3v) is 3.78. The fourth-order valence-electron chi connectivity index (χ4n) is 2.98. The van der Waals surface area contributed by atoms with Gasteiger partial charge in [0, 0.05) is 11.6 Å². The molecule has 1 amide bonds. The minimum absolute atomic E-state index is 0.123. The van der Waals surface area contributed by atoms with Gasteiger partial charge in [0.25, 0.3) is 5.91 Å². The molecule has 1 saturated carbocycles. The Morgan fingerprint density at radius 2 is 1.95 bits per heavy atom. The number of nitrogens with one attached hydrogen (secondary N) is 1. The van der Waals surface area contributed by atoms with Gasteiger partial charge < -0.3 is 11.1 Å². The van der Waals surface area contributed by atoms with Crippen molar-refractivity contribution < 1.29 is 4.79 Å². The maximum absolute atomic E-state index is 12.2. The number of nitrogen functional groups attached to an aromatic ring is 1. The molecule has 104 valence electrons. The van der Waals surface area contributed by atoms with Gasteiger partial charge in [-0.1, -0.05) is 25.4 Å². The van der Waals surface area contributed by atoms with Crippen molar-refractivity contribution >= 4 is 23.3 Å². The fraction of sp³-hybridized carbons (Fsp3) is 0.571. The number of carbonyl (C=O) groups is 1. The lowest BCUT2D eigenvalue weighted by Gasteiger charge is -2.32. The Hall–Kier alpha value is -1.29. The van der Waals surface area contributed by atoms with E-state index in [4.69, 9.17) is 17.3 Å². The van der Waals surface area contributed by atoms with Crippen LogP contribution in [0.1, 0.15) is 43.5 Å². The van der Waals surface area contributed by atoms with E-state index in [2.05, 4.69) is 24.1 Å². The van der Waals surface area contributed by atoms with Crippen molar-refractivity contribution in [1.82, 2.24) is 10.3 Å². The second-order valence-corrected chi connectivity index (χ2v) is 6.08. The Kier molecular flexibility index (Phi) is 4.30. The molecule has 0 spiro atoms. The molecular weight excluding hydrogens is 262 g/mol. The van der Waals surface area contributed by atoms with E-state index in [9.17, 15) is 4.79 Å². The van der Waals surface area contributed by atoms with Crippen LogP contribution in [0.15, 0.2) is 12.1 Å². The number of hydrogen-bond donors (Lipinski definition) is 2. The zero-order chi connectivity index (χ0) is 14.0. The highest BCUT2D eigenvalue weighted by molar-refractivity contribution is 6.29. The van der Waals surface area contributed by atoms with Crippen LogP contribution in [0.2, 0.25) is 5.15 Å². The molecule has 3 N–H and O–H groups in total. The second kappa shape index (κ2) is 5.78. The van der Waals surface area contributed by atoms with Gasteiger partial charge in [0.2, 0.25) is 0 Å². The molecule has 1 aromatic rings. The van der Waals surface area contributed by atoms with Crippen LogP contribution in [0.5, 0.6) is 0 Å². The molecule has 2 rings (SSSR count). The molecule has 0 saturated heterocycles. The summed E-state index contributed by atoms with van der Waals surface area (Å²) >= 11 is 5.81. The number of nitrogens with zero attached hydrogens (tertiary/aromatic N) is 1. The quantitative estimate of drug-likeness (QED) is 0.819. The highest BCUT2D eigenvalue weighted by Crippen LogP contribution is 2.28. The van der Waals surface area contributed by atoms with Gasteiger partial charge in [-0.05, 0) is 43.2 Å². The van der Waals surface area contributed by atoms with Crippen LogP contribution < -0.4 is 11.1 Å². The van der Waals surface area contributed by atoms with E-state index >= 15 is 0 Å². The van der Waals surface area contributed by atoms with E-state index in [-0.39, 0.29) is 22.9 Å². The minimum atomic E-state index is -0.123. The summed E-state index contributed by atoms with van der Waals surface area (Å²) in [5.74, 6) is 1.45. The lowest BCUT2D eigenvalue weighted by molar-refractivity contribution is 0.0911. The average Bonchev–Trinajstić information content (AvgIpc) is 2.25. The second-order valence-electron chi connectivity index (χ2n) is 5.69. The van der Waals surface area contributed by atoms with E-state index < -0.39 is 0 Å². The number of nitrogens with two attached hydrogens (primary N) is 1. The van der Waals surface area contributed by atoms with Crippen molar-refractivity contribution in [2.45, 2.75) is 39.2 Å². The fourth-order valence-corrected chi connectivity index (χ4v) is 3.20. The molecule has 1 fully saturated rings. The number of aromatic nitrogens is 1. The van der Waals surface area contributed by atoms with E-state index in [0.717, 1.165) is 12.8 Å². The summed E-state index contributed by atoms with van der Waals surface area (Å²) in [6, 6.07) is 3.33. The number of halogens is 1. The van der Waals surface area contributed by atoms with Gasteiger partial charge in [0.1, 0.15) is 11.0 Å². The van der Waals surface area contributed by atoms with Crippen LogP contribution in [0.4, 0.5) is 5.82 Å². The highest BCUT2D eigenvalue weighted by Gasteiger charge is 2.25. The third-order valence-electron chi connectivity index (χ3n) is 3.59. The third kappa shape index (κ3) is 3.83. The molecule has 4 nitrogen and oxygen atoms in total. The first kappa shape index (κ1) is 14.1. The highest BCUT2D eigenvalue weighted by atomic mass is 35.5. The number of anilines is 1. The predicted octanol–water partition coefficient (Wildman–Crippen LogP) is 2.87. The molecule has 0 bridgehead atoms. The van der Waals surface area contributed by atoms with Crippen molar-refractivity contribution in [3.63, 3.8) is 0 Å². The van der Waals surface area contributed by atoms with Gasteiger partial charge in [-0.15, -0.1) is 0 Å². The standard InChI is InChI=1S/C14H20ClN3O/c1-8-3-9(2)5-11(4-8)17-14(19)10-6-12(15)18-13(16)7-10/h6-9,11H,3-5H2,1-2H3,(H2,16,18)(H,17,19). The molecule has 1 aliphatic carbocycles. The zero-order valence-corrected chi connectivity index (χ0v) is 12.1. The molecule has 2 atom stereocenters. The summed E-state index contributed by atoms with van der Waals surface area (Å²) in [6.45, 7) is 4.46. The van der Waals surface area contributed by atoms with Crippen LogP contribution >= 0.6 is 11.6 Å². The lowest BCUT2D eigenvalue weighted by atomic mass is 9.80. The van der Waals surface area contributed by atoms with Gasteiger partial charge in [0.05, 0.1) is 0 Å². The van der Waals surface area contributed by atoms with E-state index in [0.29, 0.717) is 17.4 Å². The molecule has 0 aromatic carbocycles. The smallest absolute Gasteiger partial charge is 0.251 e. The largest absolute Gasteiger partial charge is 0.384 e. The molecule has 0 radical (unpaired) electrons. The van der Waals surface area contributed by atoms with E-state index in [1.165, 1.54) is 6.42 Å². The number of rotatable bonds is 2. The summed E-state index contributed by atoms with van der Waals surface area (Å²) in [4.78, 5) is 16.0. The number of amides is 1. The Bertz CT molecular complexity index is 448. The van der Waals surface area contributed by atoms with Gasteiger partial charge in [-0.3, -0.25) is 4.79 Å². The number of carbonyl (C=O) groups excluding carboxylic acids is 1. The summed E-state index contributed by atoms with van der Waals surface area (Å²) in [5.41, 5.74) is 6.07. The van der Waals surface area contributed by atoms with E-state index in [1.807, 2.05) is 0 Å². The Morgan fingerprint density at radius 1 is 1.32 bits per heavy atom. The van der Waals surface area contributed by atoms with E-state index in [1.54, 1.807) is 12.1 Å². The minimum Gasteiger partial charge on any atom is -0.384 e. The van der Waals surface area contributed by atoms with Crippen molar-refractivity contribution in [2.75, 3.05) is 5.73 Å². The number of pyridine rings is 1. The zero-order valence-electron chi connectivity index (χ0n) is 11.3. The number of hydrogen-bond acceptors (Lipinski definition) is 3. The van der Waals surface area contributed by atoms with Gasteiger partial charge in [-0.2, -0.15) is 0 Å². The van der Waals surface area contributed by atoms with Crippen LogP contribution in [0.25, 0.3) is 0 Å². The first-order chi connectivity index (χ1) is 8.94. The van der Waals surface area contributed by atoms with Crippen LogP contribution in [0.3, 0.4) is 0 Å². The van der Waals surface area contributed by atoms with Crippen molar-refractivity contribution in [3.05, 3.63) is 22.8 Å². The maximum Gasteiger partial charge on any atom is 0.251 e. The molecule has 19 heavy (non-hydrogen) atoms. The Morgan fingerprint density at radius 3 is 2.53 bits per heavy atom. The normalized spacial score (nSPS) is 27.0. The predicted molar refractivity (Wildman–Crippen MR) is 77.1 cm³/mol. The van der Waals surface area contributed by atoms with Crippen LogP contribution in [0, 0.1) is 11.8 Å². The summed E-state index contributed by atoms with van der Waals surface area (Å²) in [5, 5.41) is 3.32. The topological polar surface area (TPSA) is 68.0 Å². The van der Waals surface area contributed by atoms with Crippen molar-refractivity contribution in [1.29, 1.82) is 0 Å². The van der Waals surface area contributed by atoms with Crippen LogP contribution in [-0.2, 0) is 0 Å². The van der Waals surface area contributed by atoms with Crippen molar-refractivity contribution in [3.8, 4) is 0 Å². The van der Waals surface area contributed by atoms with Gasteiger partial charge in [-0.25, -0.2) is 4.98 Å². The van der Waals surface area contributed by atoms with Crippen LogP contribution in [-0.4, -0.2) is 16.9 Å². The lowest BCUT2D eigenvalue weighted by Crippen LogP contribution is -2.40. The monoisotopic (exact) mass is 281 g/mol.